The zero-order chi connectivity index (χ0) is 13.4. The van der Waals surface area contributed by atoms with Gasteiger partial charge in [0.25, 0.3) is 0 Å². The van der Waals surface area contributed by atoms with Crippen LogP contribution in [-0.4, -0.2) is 21.9 Å². The number of rotatable bonds is 8. The standard InChI is InChI=1S/C14H24N4/c1-4-8-16-14(5-2,12-15)7-6-9-18-11-13(3)10-17-18/h10-11,16H,4-9H2,1-3H3. The Bertz CT molecular complexity index is 391. The van der Waals surface area contributed by atoms with E-state index in [9.17, 15) is 5.26 Å². The van der Waals surface area contributed by atoms with Gasteiger partial charge in [0, 0.05) is 12.7 Å². The van der Waals surface area contributed by atoms with Gasteiger partial charge in [-0.05, 0) is 44.7 Å². The zero-order valence-corrected chi connectivity index (χ0v) is 11.7. The Balaban J connectivity index is 2.45. The van der Waals surface area contributed by atoms with E-state index in [0.29, 0.717) is 0 Å². The van der Waals surface area contributed by atoms with Gasteiger partial charge >= 0.3 is 0 Å². The summed E-state index contributed by atoms with van der Waals surface area (Å²) in [7, 11) is 0. The largest absolute Gasteiger partial charge is 0.299 e. The fourth-order valence-corrected chi connectivity index (χ4v) is 2.06. The number of aromatic nitrogens is 2. The van der Waals surface area contributed by atoms with Crippen LogP contribution in [0.25, 0.3) is 0 Å². The van der Waals surface area contributed by atoms with E-state index in [1.165, 1.54) is 5.56 Å². The Kier molecular flexibility index (Phi) is 5.87. The molecule has 1 heterocycles. The molecule has 4 nitrogen and oxygen atoms in total. The fraction of sp³-hybridized carbons (Fsp3) is 0.714. The van der Waals surface area contributed by atoms with E-state index >= 15 is 0 Å². The van der Waals surface area contributed by atoms with Gasteiger partial charge in [-0.1, -0.05) is 13.8 Å². The van der Waals surface area contributed by atoms with Gasteiger partial charge in [-0.2, -0.15) is 10.4 Å². The molecule has 1 unspecified atom stereocenters. The number of aryl methyl sites for hydroxylation is 2. The monoisotopic (exact) mass is 248 g/mol. The first-order valence-corrected chi connectivity index (χ1v) is 6.81. The van der Waals surface area contributed by atoms with Gasteiger partial charge in [0.05, 0.1) is 12.3 Å². The molecule has 4 heteroatoms. The van der Waals surface area contributed by atoms with Gasteiger partial charge in [0.2, 0.25) is 0 Å². The summed E-state index contributed by atoms with van der Waals surface area (Å²) in [6.45, 7) is 8.02. The molecular weight excluding hydrogens is 224 g/mol. The van der Waals surface area contributed by atoms with Gasteiger partial charge in [-0.15, -0.1) is 0 Å². The molecule has 0 amide bonds. The molecule has 0 aromatic carbocycles. The van der Waals surface area contributed by atoms with Crippen LogP contribution in [0.3, 0.4) is 0 Å². The summed E-state index contributed by atoms with van der Waals surface area (Å²) in [6, 6.07) is 2.45. The molecule has 1 aromatic rings. The molecule has 1 aromatic heterocycles. The minimum absolute atomic E-state index is 0.363. The number of hydrogen-bond acceptors (Lipinski definition) is 3. The SMILES string of the molecule is CCCNC(C#N)(CC)CCCn1cc(C)cn1. The summed E-state index contributed by atoms with van der Waals surface area (Å²) in [5.41, 5.74) is 0.819. The molecule has 0 saturated carbocycles. The topological polar surface area (TPSA) is 53.6 Å². The van der Waals surface area contributed by atoms with Crippen LogP contribution in [0, 0.1) is 18.3 Å². The van der Waals surface area contributed by atoms with Gasteiger partial charge in [-0.25, -0.2) is 0 Å². The molecule has 0 fully saturated rings. The van der Waals surface area contributed by atoms with E-state index in [-0.39, 0.29) is 5.54 Å². The molecule has 1 rings (SSSR count). The van der Waals surface area contributed by atoms with Crippen LogP contribution >= 0.6 is 0 Å². The molecule has 18 heavy (non-hydrogen) atoms. The predicted octanol–water partition coefficient (Wildman–Crippen LogP) is 2.64. The second-order valence-electron chi connectivity index (χ2n) is 4.86. The Labute approximate surface area is 110 Å². The summed E-state index contributed by atoms with van der Waals surface area (Å²) in [5.74, 6) is 0. The first kappa shape index (κ1) is 14.7. The molecule has 1 atom stereocenters. The molecule has 0 aliphatic rings. The van der Waals surface area contributed by atoms with Crippen molar-refractivity contribution in [2.24, 2.45) is 0 Å². The lowest BCUT2D eigenvalue weighted by molar-refractivity contribution is 0.352. The summed E-state index contributed by atoms with van der Waals surface area (Å²) in [4.78, 5) is 0. The normalized spacial score (nSPS) is 14.1. The van der Waals surface area contributed by atoms with Crippen LogP contribution in [0.2, 0.25) is 0 Å². The third kappa shape index (κ3) is 4.15. The highest BCUT2D eigenvalue weighted by Gasteiger charge is 2.26. The van der Waals surface area contributed by atoms with Crippen LogP contribution in [0.15, 0.2) is 12.4 Å². The maximum atomic E-state index is 9.37. The first-order valence-electron chi connectivity index (χ1n) is 6.81. The van der Waals surface area contributed by atoms with Crippen LogP contribution in [-0.2, 0) is 6.54 Å². The maximum absolute atomic E-state index is 9.37. The third-order valence-corrected chi connectivity index (χ3v) is 3.28. The molecular formula is C14H24N4. The molecule has 1 N–H and O–H groups in total. The number of nitrogens with one attached hydrogen (secondary N) is 1. The van der Waals surface area contributed by atoms with Gasteiger partial charge in [-0.3, -0.25) is 10.00 Å². The lowest BCUT2D eigenvalue weighted by atomic mass is 9.92. The highest BCUT2D eigenvalue weighted by molar-refractivity contribution is 5.06. The molecule has 100 valence electrons. The van der Waals surface area contributed by atoms with Crippen molar-refractivity contribution in [3.05, 3.63) is 18.0 Å². The highest BCUT2D eigenvalue weighted by atomic mass is 15.3. The molecule has 0 radical (unpaired) electrons. The van der Waals surface area contributed by atoms with Crippen LogP contribution in [0.4, 0.5) is 0 Å². The Morgan fingerprint density at radius 1 is 1.50 bits per heavy atom. The van der Waals surface area contributed by atoms with E-state index in [1.54, 1.807) is 0 Å². The molecule has 0 bridgehead atoms. The van der Waals surface area contributed by atoms with Gasteiger partial charge < -0.3 is 0 Å². The van der Waals surface area contributed by atoms with Gasteiger partial charge in [0.1, 0.15) is 5.54 Å². The first-order chi connectivity index (χ1) is 8.65. The van der Waals surface area contributed by atoms with Crippen molar-refractivity contribution in [1.29, 1.82) is 5.26 Å². The van der Waals surface area contributed by atoms with Crippen LogP contribution in [0.5, 0.6) is 0 Å². The number of nitrogens with zero attached hydrogens (tertiary/aromatic N) is 3. The van der Waals surface area contributed by atoms with Crippen molar-refractivity contribution < 1.29 is 0 Å². The summed E-state index contributed by atoms with van der Waals surface area (Å²) in [6.07, 6.45) is 7.66. The van der Waals surface area contributed by atoms with Crippen molar-refractivity contribution in [3.8, 4) is 6.07 Å². The Morgan fingerprint density at radius 3 is 2.78 bits per heavy atom. The third-order valence-electron chi connectivity index (χ3n) is 3.28. The quantitative estimate of drug-likeness (QED) is 0.769. The number of nitriles is 1. The van der Waals surface area contributed by atoms with Crippen LogP contribution < -0.4 is 5.32 Å². The molecule has 0 aliphatic heterocycles. The lowest BCUT2D eigenvalue weighted by Gasteiger charge is -2.26. The lowest BCUT2D eigenvalue weighted by Crippen LogP contribution is -2.43. The van der Waals surface area contributed by atoms with Crippen molar-refractivity contribution in [2.45, 2.75) is 58.5 Å². The minimum Gasteiger partial charge on any atom is -0.299 e. The summed E-state index contributed by atoms with van der Waals surface area (Å²) < 4.78 is 1.95. The Morgan fingerprint density at radius 2 is 2.28 bits per heavy atom. The van der Waals surface area contributed by atoms with E-state index in [2.05, 4.69) is 30.3 Å². The Hall–Kier alpha value is -1.34. The highest BCUT2D eigenvalue weighted by Crippen LogP contribution is 2.17. The zero-order valence-electron chi connectivity index (χ0n) is 11.7. The number of hydrogen-bond donors (Lipinski definition) is 1. The molecule has 0 spiro atoms. The van der Waals surface area contributed by atoms with Crippen molar-refractivity contribution in [2.75, 3.05) is 6.54 Å². The maximum Gasteiger partial charge on any atom is 0.106 e. The smallest absolute Gasteiger partial charge is 0.106 e. The van der Waals surface area contributed by atoms with Crippen LogP contribution in [0.1, 0.15) is 45.1 Å². The minimum atomic E-state index is -0.363. The van der Waals surface area contributed by atoms with Crippen molar-refractivity contribution >= 4 is 0 Å². The molecule has 0 saturated heterocycles. The summed E-state index contributed by atoms with van der Waals surface area (Å²) in [5, 5.41) is 17.0. The van der Waals surface area contributed by atoms with E-state index in [1.807, 2.05) is 24.0 Å². The fourth-order valence-electron chi connectivity index (χ4n) is 2.06. The summed E-state index contributed by atoms with van der Waals surface area (Å²) >= 11 is 0. The average Bonchev–Trinajstić information content (AvgIpc) is 2.80. The van der Waals surface area contributed by atoms with Crippen molar-refractivity contribution in [1.82, 2.24) is 15.1 Å². The van der Waals surface area contributed by atoms with E-state index < -0.39 is 0 Å². The van der Waals surface area contributed by atoms with Gasteiger partial charge in [0.15, 0.2) is 0 Å². The predicted molar refractivity (Wildman–Crippen MR) is 73.1 cm³/mol. The second kappa shape index (κ2) is 7.17. The second-order valence-corrected chi connectivity index (χ2v) is 4.86. The van der Waals surface area contributed by atoms with Crippen molar-refractivity contribution in [3.63, 3.8) is 0 Å². The van der Waals surface area contributed by atoms with E-state index in [0.717, 1.165) is 38.8 Å². The van der Waals surface area contributed by atoms with E-state index in [4.69, 9.17) is 0 Å². The average molecular weight is 248 g/mol. The molecule has 0 aliphatic carbocycles.